The van der Waals surface area contributed by atoms with E-state index in [-0.39, 0.29) is 0 Å². The minimum Gasteiger partial charge on any atom is -0.314 e. The highest BCUT2D eigenvalue weighted by molar-refractivity contribution is 5.35. The zero-order valence-electron chi connectivity index (χ0n) is 14.6. The lowest BCUT2D eigenvalue weighted by Crippen LogP contribution is -2.35. The normalized spacial score (nSPS) is 17.6. The number of rotatable bonds is 6. The highest BCUT2D eigenvalue weighted by atomic mass is 14.9. The van der Waals surface area contributed by atoms with E-state index in [0.717, 1.165) is 12.5 Å². The summed E-state index contributed by atoms with van der Waals surface area (Å²) in [4.78, 5) is 0. The van der Waals surface area contributed by atoms with Crippen LogP contribution in [0.2, 0.25) is 0 Å². The van der Waals surface area contributed by atoms with Crippen LogP contribution < -0.4 is 5.32 Å². The summed E-state index contributed by atoms with van der Waals surface area (Å²) in [7, 11) is 0. The van der Waals surface area contributed by atoms with E-state index in [1.54, 1.807) is 11.1 Å². The van der Waals surface area contributed by atoms with Gasteiger partial charge in [0.25, 0.3) is 0 Å². The molecule has 0 saturated carbocycles. The third-order valence-electron chi connectivity index (χ3n) is 5.25. The monoisotopic (exact) mass is 287 g/mol. The van der Waals surface area contributed by atoms with Gasteiger partial charge in [0, 0.05) is 6.04 Å². The van der Waals surface area contributed by atoms with Crippen molar-refractivity contribution in [3.8, 4) is 0 Å². The smallest absolute Gasteiger partial charge is 0.0110 e. The van der Waals surface area contributed by atoms with Gasteiger partial charge in [0.15, 0.2) is 0 Å². The minimum absolute atomic E-state index is 0.394. The van der Waals surface area contributed by atoms with Crippen LogP contribution >= 0.6 is 0 Å². The maximum atomic E-state index is 3.70. The number of hydrogen-bond acceptors (Lipinski definition) is 1. The van der Waals surface area contributed by atoms with Gasteiger partial charge < -0.3 is 5.32 Å². The van der Waals surface area contributed by atoms with E-state index in [2.05, 4.69) is 58.1 Å². The molecule has 0 aromatic heterocycles. The molecule has 21 heavy (non-hydrogen) atoms. The zero-order valence-corrected chi connectivity index (χ0v) is 14.6. The largest absolute Gasteiger partial charge is 0.314 e. The molecule has 1 aromatic carbocycles. The Morgan fingerprint density at radius 3 is 2.52 bits per heavy atom. The number of aryl methyl sites for hydroxylation is 2. The third-order valence-corrected chi connectivity index (χ3v) is 5.25. The molecule has 0 saturated heterocycles. The molecular formula is C20H33N. The van der Waals surface area contributed by atoms with Gasteiger partial charge in [-0.25, -0.2) is 0 Å². The Hall–Kier alpha value is -0.820. The maximum absolute atomic E-state index is 3.70. The Kier molecular flexibility index (Phi) is 5.48. The van der Waals surface area contributed by atoms with Crippen LogP contribution in [-0.4, -0.2) is 12.6 Å². The van der Waals surface area contributed by atoms with Crippen LogP contribution in [0.1, 0.15) is 64.2 Å². The second-order valence-electron chi connectivity index (χ2n) is 7.92. The lowest BCUT2D eigenvalue weighted by atomic mass is 9.77. The predicted octanol–water partition coefficient (Wildman–Crippen LogP) is 4.77. The molecule has 1 N–H and O–H groups in total. The van der Waals surface area contributed by atoms with E-state index in [1.807, 2.05) is 0 Å². The Bertz CT molecular complexity index is 455. The highest BCUT2D eigenvalue weighted by Crippen LogP contribution is 2.30. The summed E-state index contributed by atoms with van der Waals surface area (Å²) in [5.41, 5.74) is 5.10. The van der Waals surface area contributed by atoms with E-state index < -0.39 is 0 Å². The summed E-state index contributed by atoms with van der Waals surface area (Å²) in [6, 6.07) is 7.79. The van der Waals surface area contributed by atoms with Crippen molar-refractivity contribution in [3.63, 3.8) is 0 Å². The summed E-state index contributed by atoms with van der Waals surface area (Å²) >= 11 is 0. The standard InChI is InChI=1S/C20H33N/c1-6-21-19(12-15(2)20(3,4)5)14-16-10-11-17-8-7-9-18(17)13-16/h10-11,13,15,19,21H,6-9,12,14H2,1-5H3. The first-order chi connectivity index (χ1) is 9.90. The minimum atomic E-state index is 0.394. The molecule has 1 aromatic rings. The second-order valence-corrected chi connectivity index (χ2v) is 7.92. The van der Waals surface area contributed by atoms with Crippen molar-refractivity contribution >= 4 is 0 Å². The molecule has 0 fully saturated rings. The molecule has 0 amide bonds. The van der Waals surface area contributed by atoms with Crippen molar-refractivity contribution in [2.75, 3.05) is 6.54 Å². The molecule has 2 atom stereocenters. The van der Waals surface area contributed by atoms with Gasteiger partial charge in [0.1, 0.15) is 0 Å². The van der Waals surface area contributed by atoms with Crippen LogP contribution in [0.5, 0.6) is 0 Å². The molecule has 2 unspecified atom stereocenters. The first kappa shape index (κ1) is 16.5. The lowest BCUT2D eigenvalue weighted by molar-refractivity contribution is 0.222. The average molecular weight is 287 g/mol. The summed E-state index contributed by atoms with van der Waals surface area (Å²) in [5.74, 6) is 0.732. The van der Waals surface area contributed by atoms with Gasteiger partial charge in [-0.1, -0.05) is 52.8 Å². The molecule has 1 aliphatic carbocycles. The molecule has 0 heterocycles. The van der Waals surface area contributed by atoms with E-state index in [9.17, 15) is 0 Å². The molecular weight excluding hydrogens is 254 g/mol. The summed E-state index contributed by atoms with van der Waals surface area (Å²) in [6.07, 6.45) is 6.34. The predicted molar refractivity (Wildman–Crippen MR) is 92.9 cm³/mol. The van der Waals surface area contributed by atoms with Gasteiger partial charge in [-0.05, 0) is 66.7 Å². The molecule has 0 bridgehead atoms. The summed E-state index contributed by atoms with van der Waals surface area (Å²) in [5, 5.41) is 3.70. The fourth-order valence-corrected chi connectivity index (χ4v) is 3.34. The van der Waals surface area contributed by atoms with Crippen LogP contribution in [0, 0.1) is 11.3 Å². The SMILES string of the molecule is CCNC(Cc1ccc2c(c1)CCC2)CC(C)C(C)(C)C. The number of benzene rings is 1. The van der Waals surface area contributed by atoms with Gasteiger partial charge in [0.2, 0.25) is 0 Å². The van der Waals surface area contributed by atoms with Crippen LogP contribution in [0.4, 0.5) is 0 Å². The summed E-state index contributed by atoms with van der Waals surface area (Å²) < 4.78 is 0. The fourth-order valence-electron chi connectivity index (χ4n) is 3.34. The maximum Gasteiger partial charge on any atom is 0.0110 e. The lowest BCUT2D eigenvalue weighted by Gasteiger charge is -2.31. The van der Waals surface area contributed by atoms with Crippen LogP contribution in [-0.2, 0) is 19.3 Å². The first-order valence-corrected chi connectivity index (χ1v) is 8.74. The number of fused-ring (bicyclic) bond motifs is 1. The van der Waals surface area contributed by atoms with Gasteiger partial charge in [-0.15, -0.1) is 0 Å². The first-order valence-electron chi connectivity index (χ1n) is 8.74. The van der Waals surface area contributed by atoms with Crippen molar-refractivity contribution in [1.82, 2.24) is 5.32 Å². The van der Waals surface area contributed by atoms with Gasteiger partial charge in [-0.3, -0.25) is 0 Å². The third kappa shape index (κ3) is 4.57. The van der Waals surface area contributed by atoms with Crippen molar-refractivity contribution in [3.05, 3.63) is 34.9 Å². The fraction of sp³-hybridized carbons (Fsp3) is 0.700. The molecule has 0 spiro atoms. The molecule has 0 aliphatic heterocycles. The topological polar surface area (TPSA) is 12.0 Å². The quantitative estimate of drug-likeness (QED) is 0.795. The molecule has 118 valence electrons. The molecule has 1 aliphatic rings. The Labute approximate surface area is 131 Å². The van der Waals surface area contributed by atoms with Crippen LogP contribution in [0.3, 0.4) is 0 Å². The Morgan fingerprint density at radius 2 is 1.86 bits per heavy atom. The summed E-state index contributed by atoms with van der Waals surface area (Å²) in [6.45, 7) is 12.7. The molecule has 1 heteroatoms. The molecule has 0 radical (unpaired) electrons. The zero-order chi connectivity index (χ0) is 15.5. The van der Waals surface area contributed by atoms with Gasteiger partial charge in [-0.2, -0.15) is 0 Å². The number of likely N-dealkylation sites (N-methyl/N-ethyl adjacent to an activating group) is 1. The van der Waals surface area contributed by atoms with Crippen molar-refractivity contribution in [2.45, 2.75) is 72.8 Å². The van der Waals surface area contributed by atoms with Crippen molar-refractivity contribution in [2.24, 2.45) is 11.3 Å². The second kappa shape index (κ2) is 6.96. The van der Waals surface area contributed by atoms with Crippen LogP contribution in [0.15, 0.2) is 18.2 Å². The van der Waals surface area contributed by atoms with E-state index >= 15 is 0 Å². The molecule has 1 nitrogen and oxygen atoms in total. The molecule has 2 rings (SSSR count). The van der Waals surface area contributed by atoms with E-state index in [1.165, 1.54) is 37.7 Å². The van der Waals surface area contributed by atoms with E-state index in [0.29, 0.717) is 11.5 Å². The van der Waals surface area contributed by atoms with Crippen molar-refractivity contribution in [1.29, 1.82) is 0 Å². The van der Waals surface area contributed by atoms with Gasteiger partial charge in [0.05, 0.1) is 0 Å². The van der Waals surface area contributed by atoms with Crippen molar-refractivity contribution < 1.29 is 0 Å². The Balaban J connectivity index is 2.02. The van der Waals surface area contributed by atoms with Crippen LogP contribution in [0.25, 0.3) is 0 Å². The average Bonchev–Trinajstić information content (AvgIpc) is 2.85. The highest BCUT2D eigenvalue weighted by Gasteiger charge is 2.23. The van der Waals surface area contributed by atoms with Gasteiger partial charge >= 0.3 is 0 Å². The van der Waals surface area contributed by atoms with E-state index in [4.69, 9.17) is 0 Å². The number of hydrogen-bond donors (Lipinski definition) is 1. The Morgan fingerprint density at radius 1 is 1.14 bits per heavy atom. The number of nitrogens with one attached hydrogen (secondary N) is 1.